The molecule has 0 aliphatic heterocycles. The Morgan fingerprint density at radius 1 is 1.02 bits per heavy atom. The van der Waals surface area contributed by atoms with Crippen LogP contribution in [0.4, 0.5) is 10.2 Å². The quantitative estimate of drug-likeness (QED) is 0.248. The number of rotatable bonds is 5. The van der Waals surface area contributed by atoms with Crippen molar-refractivity contribution in [3.63, 3.8) is 0 Å². The molecule has 0 atom stereocenters. The number of imidazole rings is 1. The SMILES string of the molecule is Cn1ccc(-c2ccc3nc(-c4cccnc4N)n(-c4ccc5c(c4)CCC5)c3n2)n1.NC(=O)c1cc(C=O)c(O)cc1F. The van der Waals surface area contributed by atoms with Gasteiger partial charge in [-0.25, -0.2) is 19.3 Å². The van der Waals surface area contributed by atoms with Gasteiger partial charge in [-0.05, 0) is 78.9 Å². The molecule has 4 heterocycles. The first-order chi connectivity index (χ1) is 21.2. The molecule has 6 aromatic rings. The van der Waals surface area contributed by atoms with Gasteiger partial charge in [0.1, 0.15) is 28.6 Å². The number of nitrogen functional groups attached to an aromatic ring is 1. The number of carbonyl (C=O) groups is 2. The standard InChI is InChI=1S/C24H21N7.C8H6FNO3/c1-30-13-11-20(29-30)19-9-10-21-24(27-19)31(17-8-7-15-4-2-5-16(15)14-17)23(28-21)18-6-3-12-26-22(18)25;9-6-2-7(12)4(3-11)1-5(6)8(10)13/h3,6-14H,2,4-5H2,1H3,(H2,25,26);1-3,12H,(H2,10,13). The van der Waals surface area contributed by atoms with Crippen molar-refractivity contribution in [3.05, 3.63) is 101 Å². The van der Waals surface area contributed by atoms with Crippen molar-refractivity contribution in [2.24, 2.45) is 12.8 Å². The number of amides is 1. The van der Waals surface area contributed by atoms with E-state index in [9.17, 15) is 14.0 Å². The molecule has 4 aromatic heterocycles. The monoisotopic (exact) mass is 590 g/mol. The number of halogens is 1. The van der Waals surface area contributed by atoms with Crippen LogP contribution in [-0.4, -0.2) is 46.6 Å². The number of fused-ring (bicyclic) bond motifs is 2. The summed E-state index contributed by atoms with van der Waals surface area (Å²) in [6.45, 7) is 0. The van der Waals surface area contributed by atoms with Gasteiger partial charge in [-0.3, -0.25) is 18.8 Å². The predicted octanol–water partition coefficient (Wildman–Crippen LogP) is 4.40. The lowest BCUT2D eigenvalue weighted by atomic mass is 10.1. The summed E-state index contributed by atoms with van der Waals surface area (Å²) in [5, 5.41) is 13.5. The zero-order valence-electron chi connectivity index (χ0n) is 23.6. The highest BCUT2D eigenvalue weighted by Gasteiger charge is 2.21. The Morgan fingerprint density at radius 3 is 2.57 bits per heavy atom. The van der Waals surface area contributed by atoms with Gasteiger partial charge in [0.2, 0.25) is 0 Å². The van der Waals surface area contributed by atoms with Crippen LogP contribution in [0.2, 0.25) is 0 Å². The molecule has 1 aliphatic rings. The summed E-state index contributed by atoms with van der Waals surface area (Å²) in [6, 6.07) is 18.0. The van der Waals surface area contributed by atoms with Gasteiger partial charge in [-0.15, -0.1) is 0 Å². The number of benzene rings is 2. The average Bonchev–Trinajstić information content (AvgIpc) is 3.75. The third-order valence-electron chi connectivity index (χ3n) is 7.41. The lowest BCUT2D eigenvalue weighted by Gasteiger charge is -2.12. The van der Waals surface area contributed by atoms with E-state index in [-0.39, 0.29) is 5.56 Å². The van der Waals surface area contributed by atoms with Crippen molar-refractivity contribution < 1.29 is 19.1 Å². The number of aldehydes is 1. The van der Waals surface area contributed by atoms with Gasteiger partial charge in [-0.1, -0.05) is 6.07 Å². The summed E-state index contributed by atoms with van der Waals surface area (Å²) < 4.78 is 16.7. The highest BCUT2D eigenvalue weighted by atomic mass is 19.1. The van der Waals surface area contributed by atoms with Crippen LogP contribution < -0.4 is 11.5 Å². The molecule has 0 spiro atoms. The molecule has 11 nitrogen and oxygen atoms in total. The van der Waals surface area contributed by atoms with Crippen LogP contribution in [0, 0.1) is 5.82 Å². The first-order valence-corrected chi connectivity index (χ1v) is 13.7. The first kappa shape index (κ1) is 28.2. The number of aryl methyl sites for hydroxylation is 3. The second-order valence-corrected chi connectivity index (χ2v) is 10.3. The van der Waals surface area contributed by atoms with Crippen LogP contribution in [0.5, 0.6) is 5.75 Å². The molecule has 7 rings (SSSR count). The third kappa shape index (κ3) is 5.24. The summed E-state index contributed by atoms with van der Waals surface area (Å²) in [5.74, 6) is -1.26. The minimum absolute atomic E-state index is 0.171. The first-order valence-electron chi connectivity index (χ1n) is 13.7. The molecule has 0 saturated carbocycles. The highest BCUT2D eigenvalue weighted by molar-refractivity contribution is 5.95. The molecule has 0 bridgehead atoms. The van der Waals surface area contributed by atoms with E-state index in [0.717, 1.165) is 58.5 Å². The number of pyridine rings is 2. The van der Waals surface area contributed by atoms with Gasteiger partial charge in [-0.2, -0.15) is 5.10 Å². The predicted molar refractivity (Wildman–Crippen MR) is 163 cm³/mol. The number of aromatic nitrogens is 6. The van der Waals surface area contributed by atoms with Crippen molar-refractivity contribution in [3.8, 4) is 34.2 Å². The molecular formula is C32H27FN8O3. The molecular weight excluding hydrogens is 563 g/mol. The van der Waals surface area contributed by atoms with Crippen molar-refractivity contribution in [2.45, 2.75) is 19.3 Å². The normalized spacial score (nSPS) is 12.0. The molecule has 0 saturated heterocycles. The number of carbonyl (C=O) groups excluding carboxylic acids is 2. The molecule has 2 aromatic carbocycles. The highest BCUT2D eigenvalue weighted by Crippen LogP contribution is 2.33. The summed E-state index contributed by atoms with van der Waals surface area (Å²) in [7, 11) is 1.90. The largest absolute Gasteiger partial charge is 0.507 e. The number of hydrogen-bond donors (Lipinski definition) is 3. The second kappa shape index (κ2) is 11.4. The van der Waals surface area contributed by atoms with Crippen LogP contribution in [-0.2, 0) is 19.9 Å². The smallest absolute Gasteiger partial charge is 0.251 e. The van der Waals surface area contributed by atoms with Crippen molar-refractivity contribution in [1.29, 1.82) is 0 Å². The molecule has 44 heavy (non-hydrogen) atoms. The molecule has 0 radical (unpaired) electrons. The summed E-state index contributed by atoms with van der Waals surface area (Å²) in [6.07, 6.45) is 7.37. The van der Waals surface area contributed by atoms with Crippen molar-refractivity contribution in [1.82, 2.24) is 29.3 Å². The molecule has 0 fully saturated rings. The van der Waals surface area contributed by atoms with Gasteiger partial charge in [0.15, 0.2) is 17.8 Å². The van der Waals surface area contributed by atoms with E-state index in [1.165, 1.54) is 17.5 Å². The van der Waals surface area contributed by atoms with E-state index in [2.05, 4.69) is 32.8 Å². The Hall–Kier alpha value is -5.91. The average molecular weight is 591 g/mol. The lowest BCUT2D eigenvalue weighted by Crippen LogP contribution is -2.13. The molecule has 1 aliphatic carbocycles. The van der Waals surface area contributed by atoms with E-state index in [1.54, 1.807) is 10.9 Å². The minimum atomic E-state index is -0.986. The van der Waals surface area contributed by atoms with Crippen LogP contribution in [0.15, 0.2) is 73.1 Å². The molecule has 0 unspecified atom stereocenters. The Bertz CT molecular complexity index is 2070. The van der Waals surface area contributed by atoms with E-state index in [0.29, 0.717) is 18.2 Å². The van der Waals surface area contributed by atoms with Gasteiger partial charge < -0.3 is 16.6 Å². The van der Waals surface area contributed by atoms with Crippen molar-refractivity contribution in [2.75, 3.05) is 5.73 Å². The topological polar surface area (TPSA) is 168 Å². The number of primary amides is 1. The number of phenols is 1. The van der Waals surface area contributed by atoms with Crippen LogP contribution in [0.25, 0.3) is 39.6 Å². The maximum atomic E-state index is 12.8. The maximum Gasteiger partial charge on any atom is 0.251 e. The summed E-state index contributed by atoms with van der Waals surface area (Å²) in [5.41, 5.74) is 18.3. The van der Waals surface area contributed by atoms with E-state index >= 15 is 0 Å². The molecule has 1 amide bonds. The second-order valence-electron chi connectivity index (χ2n) is 10.3. The lowest BCUT2D eigenvalue weighted by molar-refractivity contribution is 0.0996. The number of phenolic OH excluding ortho intramolecular Hbond substituents is 1. The number of nitrogens with two attached hydrogens (primary N) is 2. The minimum Gasteiger partial charge on any atom is -0.507 e. The third-order valence-corrected chi connectivity index (χ3v) is 7.41. The van der Waals surface area contributed by atoms with E-state index in [4.69, 9.17) is 26.5 Å². The van der Waals surface area contributed by atoms with Gasteiger partial charge >= 0.3 is 0 Å². The van der Waals surface area contributed by atoms with Crippen LogP contribution in [0.1, 0.15) is 38.3 Å². The van der Waals surface area contributed by atoms with Crippen LogP contribution in [0.3, 0.4) is 0 Å². The molecule has 5 N–H and O–H groups in total. The Balaban J connectivity index is 0.000000223. The zero-order chi connectivity index (χ0) is 31.0. The fourth-order valence-corrected chi connectivity index (χ4v) is 5.24. The fourth-order valence-electron chi connectivity index (χ4n) is 5.24. The zero-order valence-corrected chi connectivity index (χ0v) is 23.6. The molecule has 220 valence electrons. The Kier molecular flexibility index (Phi) is 7.31. The number of hydrogen-bond acceptors (Lipinski definition) is 8. The van der Waals surface area contributed by atoms with Gasteiger partial charge in [0, 0.05) is 31.2 Å². The van der Waals surface area contributed by atoms with E-state index < -0.39 is 23.0 Å². The van der Waals surface area contributed by atoms with E-state index in [1.807, 2.05) is 43.6 Å². The van der Waals surface area contributed by atoms with Gasteiger partial charge in [0.25, 0.3) is 5.91 Å². The number of aromatic hydroxyl groups is 1. The maximum absolute atomic E-state index is 12.8. The van der Waals surface area contributed by atoms with Crippen molar-refractivity contribution >= 4 is 29.2 Å². The summed E-state index contributed by atoms with van der Waals surface area (Å²) >= 11 is 0. The Morgan fingerprint density at radius 2 is 1.84 bits per heavy atom. The number of anilines is 1. The van der Waals surface area contributed by atoms with Gasteiger partial charge in [0.05, 0.1) is 22.4 Å². The Labute approximate surface area is 250 Å². The van der Waals surface area contributed by atoms with Crippen LogP contribution >= 0.6 is 0 Å². The summed E-state index contributed by atoms with van der Waals surface area (Å²) in [4.78, 5) is 35.0. The fraction of sp³-hybridized carbons (Fsp3) is 0.125. The number of nitrogens with zero attached hydrogens (tertiary/aromatic N) is 6. The molecule has 12 heteroatoms.